The fourth-order valence-electron chi connectivity index (χ4n) is 6.76. The third-order valence-corrected chi connectivity index (χ3v) is 7.64. The molecular formula is C27H46ClN3O. The molecule has 182 valence electrons. The molecule has 5 heteroatoms. The number of piperazine rings is 1. The lowest BCUT2D eigenvalue weighted by atomic mass is 9.60. The van der Waals surface area contributed by atoms with Crippen LogP contribution in [-0.4, -0.2) is 63.9 Å². The van der Waals surface area contributed by atoms with Crippen molar-refractivity contribution in [2.75, 3.05) is 68.8 Å². The Morgan fingerprint density at radius 2 is 1.50 bits per heavy atom. The number of anilines is 2. The van der Waals surface area contributed by atoms with E-state index >= 15 is 0 Å². The average Bonchev–Trinajstić information content (AvgIpc) is 2.73. The third-order valence-electron chi connectivity index (χ3n) is 7.64. The first-order valence-electron chi connectivity index (χ1n) is 12.7. The monoisotopic (exact) mass is 463 g/mol. The Labute approximate surface area is 203 Å². The van der Waals surface area contributed by atoms with Gasteiger partial charge in [0, 0.05) is 50.6 Å². The van der Waals surface area contributed by atoms with Gasteiger partial charge in [0.05, 0.1) is 13.2 Å². The van der Waals surface area contributed by atoms with Crippen molar-refractivity contribution in [1.82, 2.24) is 4.90 Å². The van der Waals surface area contributed by atoms with E-state index in [9.17, 15) is 0 Å². The predicted octanol–water partition coefficient (Wildman–Crippen LogP) is 5.80. The Hall–Kier alpha value is -0.970. The first-order chi connectivity index (χ1) is 14.8. The van der Waals surface area contributed by atoms with E-state index in [1.165, 1.54) is 56.7 Å². The lowest BCUT2D eigenvalue weighted by Crippen LogP contribution is -2.47. The highest BCUT2D eigenvalue weighted by Crippen LogP contribution is 2.53. The molecular weight excluding hydrogens is 418 g/mol. The molecule has 1 saturated carbocycles. The molecule has 1 aliphatic carbocycles. The first-order valence-corrected chi connectivity index (χ1v) is 12.7. The normalized spacial score (nSPS) is 24.3. The molecule has 4 rings (SSSR count). The van der Waals surface area contributed by atoms with Crippen molar-refractivity contribution in [1.29, 1.82) is 0 Å². The van der Waals surface area contributed by atoms with Crippen LogP contribution in [-0.2, 0) is 4.74 Å². The van der Waals surface area contributed by atoms with Crippen LogP contribution in [0.4, 0.5) is 11.4 Å². The van der Waals surface area contributed by atoms with Crippen LogP contribution in [0.2, 0.25) is 0 Å². The Morgan fingerprint density at radius 3 is 2.09 bits per heavy atom. The van der Waals surface area contributed by atoms with Gasteiger partial charge >= 0.3 is 0 Å². The summed E-state index contributed by atoms with van der Waals surface area (Å²) in [6, 6.07) is 7.40. The van der Waals surface area contributed by atoms with Crippen LogP contribution in [0.5, 0.6) is 0 Å². The average molecular weight is 464 g/mol. The van der Waals surface area contributed by atoms with Gasteiger partial charge in [-0.15, -0.1) is 12.4 Å². The van der Waals surface area contributed by atoms with Crippen LogP contribution in [0.15, 0.2) is 18.2 Å². The van der Waals surface area contributed by atoms with Gasteiger partial charge in [-0.25, -0.2) is 0 Å². The smallest absolute Gasteiger partial charge is 0.0642 e. The van der Waals surface area contributed by atoms with Gasteiger partial charge in [-0.05, 0) is 66.7 Å². The van der Waals surface area contributed by atoms with Crippen molar-refractivity contribution in [2.24, 2.45) is 10.8 Å². The Kier molecular flexibility index (Phi) is 8.44. The molecule has 0 atom stereocenters. The molecule has 0 aromatic heterocycles. The maximum absolute atomic E-state index is 5.61. The van der Waals surface area contributed by atoms with Crippen LogP contribution >= 0.6 is 12.4 Å². The van der Waals surface area contributed by atoms with E-state index in [1.54, 1.807) is 5.56 Å². The molecule has 32 heavy (non-hydrogen) atoms. The second kappa shape index (κ2) is 10.5. The summed E-state index contributed by atoms with van der Waals surface area (Å²) >= 11 is 0. The number of ether oxygens (including phenoxy) is 1. The van der Waals surface area contributed by atoms with Crippen LogP contribution in [0.3, 0.4) is 0 Å². The molecule has 0 spiro atoms. The molecule has 0 radical (unpaired) electrons. The van der Waals surface area contributed by atoms with Gasteiger partial charge in [-0.3, -0.25) is 4.90 Å². The van der Waals surface area contributed by atoms with Gasteiger partial charge in [0.2, 0.25) is 0 Å². The molecule has 1 aromatic rings. The van der Waals surface area contributed by atoms with E-state index in [1.807, 2.05) is 0 Å². The van der Waals surface area contributed by atoms with Crippen molar-refractivity contribution in [3.05, 3.63) is 23.8 Å². The third kappa shape index (κ3) is 6.12. The summed E-state index contributed by atoms with van der Waals surface area (Å²) in [4.78, 5) is 7.84. The summed E-state index contributed by atoms with van der Waals surface area (Å²) < 4.78 is 5.61. The zero-order chi connectivity index (χ0) is 22.1. The molecule has 0 N–H and O–H groups in total. The second-order valence-electron chi connectivity index (χ2n) is 11.8. The van der Waals surface area contributed by atoms with E-state index in [2.05, 4.69) is 67.5 Å². The maximum atomic E-state index is 5.61. The number of rotatable bonds is 5. The molecule has 0 bridgehead atoms. The highest BCUT2D eigenvalue weighted by atomic mass is 35.5. The minimum atomic E-state index is 0. The maximum Gasteiger partial charge on any atom is 0.0642 e. The SMILES string of the molecule is CCCN1CCN(c2cc(N3CCOCC3)ccc2C2CC(C)(C)CC(C)(C)C2)CC1.Cl. The standard InChI is InChI=1S/C27H45N3O.ClH/c1-6-9-28-10-12-30(13-11-28)25-18-23(29-14-16-31-17-15-29)7-8-24(25)22-19-26(2,3)21-27(4,5)20-22;/h7-8,18,22H,6,9-17,19-21H2,1-5H3;1H. The van der Waals surface area contributed by atoms with Crippen LogP contribution in [0, 0.1) is 10.8 Å². The van der Waals surface area contributed by atoms with E-state index in [0.29, 0.717) is 16.7 Å². The second-order valence-corrected chi connectivity index (χ2v) is 11.8. The Balaban J connectivity index is 0.00000289. The summed E-state index contributed by atoms with van der Waals surface area (Å²) in [5.41, 5.74) is 5.31. The fraction of sp³-hybridized carbons (Fsp3) is 0.778. The predicted molar refractivity (Wildman–Crippen MR) is 140 cm³/mol. The summed E-state index contributed by atoms with van der Waals surface area (Å²) in [5.74, 6) is 0.654. The van der Waals surface area contributed by atoms with Gasteiger partial charge in [0.1, 0.15) is 0 Å². The van der Waals surface area contributed by atoms with Gasteiger partial charge in [-0.1, -0.05) is 40.7 Å². The quantitative estimate of drug-likeness (QED) is 0.549. The first kappa shape index (κ1) is 25.6. The van der Waals surface area contributed by atoms with Crippen molar-refractivity contribution >= 4 is 23.8 Å². The van der Waals surface area contributed by atoms with Crippen molar-refractivity contribution < 1.29 is 4.74 Å². The zero-order valence-electron chi connectivity index (χ0n) is 21.2. The van der Waals surface area contributed by atoms with E-state index in [-0.39, 0.29) is 12.4 Å². The van der Waals surface area contributed by atoms with Gasteiger partial charge in [0.15, 0.2) is 0 Å². The molecule has 2 heterocycles. The van der Waals surface area contributed by atoms with Crippen LogP contribution in [0.25, 0.3) is 0 Å². The minimum absolute atomic E-state index is 0. The molecule has 2 saturated heterocycles. The lowest BCUT2D eigenvalue weighted by Gasteiger charge is -2.46. The molecule has 0 amide bonds. The summed E-state index contributed by atoms with van der Waals surface area (Å²) in [6.07, 6.45) is 5.18. The summed E-state index contributed by atoms with van der Waals surface area (Å²) in [6.45, 7) is 21.8. The lowest BCUT2D eigenvalue weighted by molar-refractivity contribution is 0.0969. The largest absolute Gasteiger partial charge is 0.378 e. The molecule has 3 aliphatic rings. The Bertz CT molecular complexity index is 720. The number of morpholine rings is 1. The molecule has 2 aliphatic heterocycles. The van der Waals surface area contributed by atoms with Gasteiger partial charge in [0.25, 0.3) is 0 Å². The molecule has 1 aromatic carbocycles. The molecule has 4 nitrogen and oxygen atoms in total. The number of halogens is 1. The van der Waals surface area contributed by atoms with Crippen LogP contribution < -0.4 is 9.80 Å². The van der Waals surface area contributed by atoms with Crippen LogP contribution in [0.1, 0.15) is 71.8 Å². The fourth-order valence-corrected chi connectivity index (χ4v) is 6.76. The minimum Gasteiger partial charge on any atom is -0.378 e. The summed E-state index contributed by atoms with van der Waals surface area (Å²) in [5, 5.41) is 0. The number of hydrogen-bond donors (Lipinski definition) is 0. The topological polar surface area (TPSA) is 19.0 Å². The van der Waals surface area contributed by atoms with E-state index < -0.39 is 0 Å². The van der Waals surface area contributed by atoms with Crippen molar-refractivity contribution in [3.63, 3.8) is 0 Å². The number of benzene rings is 1. The highest BCUT2D eigenvalue weighted by molar-refractivity contribution is 5.85. The van der Waals surface area contributed by atoms with Crippen molar-refractivity contribution in [2.45, 2.75) is 66.2 Å². The Morgan fingerprint density at radius 1 is 0.875 bits per heavy atom. The highest BCUT2D eigenvalue weighted by Gasteiger charge is 2.40. The molecule has 3 fully saturated rings. The summed E-state index contributed by atoms with van der Waals surface area (Å²) in [7, 11) is 0. The van der Waals surface area contributed by atoms with E-state index in [4.69, 9.17) is 4.74 Å². The van der Waals surface area contributed by atoms with Crippen molar-refractivity contribution in [3.8, 4) is 0 Å². The number of nitrogens with zero attached hydrogens (tertiary/aromatic N) is 3. The van der Waals surface area contributed by atoms with Gasteiger partial charge in [-0.2, -0.15) is 0 Å². The van der Waals surface area contributed by atoms with Gasteiger partial charge < -0.3 is 14.5 Å². The molecule has 0 unspecified atom stereocenters. The van der Waals surface area contributed by atoms with E-state index in [0.717, 1.165) is 39.4 Å². The zero-order valence-corrected chi connectivity index (χ0v) is 22.0. The number of hydrogen-bond acceptors (Lipinski definition) is 4.